The monoisotopic (exact) mass is 257 g/mol. The van der Waals surface area contributed by atoms with E-state index in [-0.39, 0.29) is 5.60 Å². The molecule has 0 aromatic rings. The van der Waals surface area contributed by atoms with Crippen LogP contribution in [0, 0.1) is 5.41 Å². The van der Waals surface area contributed by atoms with Gasteiger partial charge in [0.2, 0.25) is 0 Å². The van der Waals surface area contributed by atoms with Gasteiger partial charge in [0.15, 0.2) is 0 Å². The van der Waals surface area contributed by atoms with E-state index in [2.05, 4.69) is 40.1 Å². The molecule has 0 aromatic heterocycles. The second kappa shape index (κ2) is 6.88. The Morgan fingerprint density at radius 3 is 2.33 bits per heavy atom. The minimum absolute atomic E-state index is 0.0208. The molecule has 108 valence electrons. The lowest BCUT2D eigenvalue weighted by Gasteiger charge is -2.43. The lowest BCUT2D eigenvalue weighted by molar-refractivity contribution is -0.127. The van der Waals surface area contributed by atoms with E-state index in [1.165, 1.54) is 12.8 Å². The number of nitrogens with one attached hydrogen (secondary N) is 1. The van der Waals surface area contributed by atoms with Crippen LogP contribution in [0.3, 0.4) is 0 Å². The Balaban J connectivity index is 2.67. The molecule has 0 amide bonds. The predicted octanol–water partition coefficient (Wildman–Crippen LogP) is 2.99. The zero-order valence-electron chi connectivity index (χ0n) is 12.8. The van der Waals surface area contributed by atoms with E-state index >= 15 is 0 Å². The van der Waals surface area contributed by atoms with Crippen LogP contribution < -0.4 is 5.32 Å². The van der Waals surface area contributed by atoms with Gasteiger partial charge in [-0.3, -0.25) is 0 Å². The SMILES string of the molecule is CCOC1(C(CCC(C)(C)C)NC)CCOCC1. The fourth-order valence-electron chi connectivity index (χ4n) is 2.85. The third kappa shape index (κ3) is 4.52. The predicted molar refractivity (Wildman–Crippen MR) is 75.9 cm³/mol. The molecular formula is C15H31NO2. The van der Waals surface area contributed by atoms with Gasteiger partial charge < -0.3 is 14.8 Å². The normalized spacial score (nSPS) is 21.8. The molecule has 1 fully saturated rings. The Morgan fingerprint density at radius 2 is 1.89 bits per heavy atom. The fourth-order valence-corrected chi connectivity index (χ4v) is 2.85. The summed E-state index contributed by atoms with van der Waals surface area (Å²) in [6.07, 6.45) is 4.40. The van der Waals surface area contributed by atoms with Crippen LogP contribution in [0.25, 0.3) is 0 Å². The van der Waals surface area contributed by atoms with Crippen LogP contribution in [0.2, 0.25) is 0 Å². The number of ether oxygens (including phenoxy) is 2. The number of hydrogen-bond donors (Lipinski definition) is 1. The molecule has 1 heterocycles. The molecule has 0 spiro atoms. The zero-order valence-corrected chi connectivity index (χ0v) is 12.8. The Kier molecular flexibility index (Phi) is 6.09. The summed E-state index contributed by atoms with van der Waals surface area (Å²) in [5, 5.41) is 3.49. The average molecular weight is 257 g/mol. The van der Waals surface area contributed by atoms with Crippen molar-refractivity contribution >= 4 is 0 Å². The van der Waals surface area contributed by atoms with Crippen LogP contribution in [0.4, 0.5) is 0 Å². The van der Waals surface area contributed by atoms with Gasteiger partial charge in [-0.25, -0.2) is 0 Å². The third-order valence-electron chi connectivity index (χ3n) is 3.94. The minimum atomic E-state index is -0.0208. The molecule has 0 aromatic carbocycles. The van der Waals surface area contributed by atoms with Gasteiger partial charge in [-0.05, 0) is 32.2 Å². The smallest absolute Gasteiger partial charge is 0.0878 e. The van der Waals surface area contributed by atoms with Gasteiger partial charge in [-0.2, -0.15) is 0 Å². The highest BCUT2D eigenvalue weighted by atomic mass is 16.5. The first-order chi connectivity index (χ1) is 8.43. The van der Waals surface area contributed by atoms with Gasteiger partial charge in [0, 0.05) is 38.7 Å². The average Bonchev–Trinajstić information content (AvgIpc) is 2.30. The summed E-state index contributed by atoms with van der Waals surface area (Å²) in [5.74, 6) is 0. The quantitative estimate of drug-likeness (QED) is 0.793. The molecule has 0 saturated carbocycles. The van der Waals surface area contributed by atoms with E-state index in [4.69, 9.17) is 9.47 Å². The molecule has 0 bridgehead atoms. The number of hydrogen-bond acceptors (Lipinski definition) is 3. The molecule has 18 heavy (non-hydrogen) atoms. The molecule has 3 nitrogen and oxygen atoms in total. The van der Waals surface area contributed by atoms with Gasteiger partial charge in [0.1, 0.15) is 0 Å². The van der Waals surface area contributed by atoms with Crippen LogP contribution in [0.5, 0.6) is 0 Å². The lowest BCUT2D eigenvalue weighted by Crippen LogP contribution is -2.54. The lowest BCUT2D eigenvalue weighted by atomic mass is 9.79. The molecule has 1 atom stereocenters. The second-order valence-electron chi connectivity index (χ2n) is 6.55. The van der Waals surface area contributed by atoms with E-state index in [0.717, 1.165) is 32.7 Å². The van der Waals surface area contributed by atoms with Gasteiger partial charge in [-0.15, -0.1) is 0 Å². The van der Waals surface area contributed by atoms with Gasteiger partial charge in [0.05, 0.1) is 5.60 Å². The molecule has 1 saturated heterocycles. The first-order valence-corrected chi connectivity index (χ1v) is 7.32. The molecule has 0 aliphatic carbocycles. The Bertz CT molecular complexity index is 224. The Morgan fingerprint density at radius 1 is 1.28 bits per heavy atom. The van der Waals surface area contributed by atoms with Crippen molar-refractivity contribution in [3.63, 3.8) is 0 Å². The van der Waals surface area contributed by atoms with Gasteiger partial charge in [0.25, 0.3) is 0 Å². The second-order valence-corrected chi connectivity index (χ2v) is 6.55. The van der Waals surface area contributed by atoms with Gasteiger partial charge >= 0.3 is 0 Å². The minimum Gasteiger partial charge on any atom is -0.381 e. The Labute approximate surface area is 113 Å². The molecule has 1 aliphatic rings. The van der Waals surface area contributed by atoms with Crippen LogP contribution in [0.15, 0.2) is 0 Å². The van der Waals surface area contributed by atoms with Crippen LogP contribution in [-0.4, -0.2) is 38.5 Å². The maximum Gasteiger partial charge on any atom is 0.0878 e. The molecular weight excluding hydrogens is 226 g/mol. The summed E-state index contributed by atoms with van der Waals surface area (Å²) >= 11 is 0. The summed E-state index contributed by atoms with van der Waals surface area (Å²) < 4.78 is 11.6. The molecule has 1 rings (SSSR count). The van der Waals surface area contributed by atoms with Crippen LogP contribution in [-0.2, 0) is 9.47 Å². The largest absolute Gasteiger partial charge is 0.381 e. The van der Waals surface area contributed by atoms with E-state index in [1.807, 2.05) is 0 Å². The van der Waals surface area contributed by atoms with Gasteiger partial charge in [-0.1, -0.05) is 20.8 Å². The van der Waals surface area contributed by atoms with E-state index in [9.17, 15) is 0 Å². The molecule has 0 radical (unpaired) electrons. The van der Waals surface area contributed by atoms with Crippen molar-refractivity contribution in [2.75, 3.05) is 26.9 Å². The van der Waals surface area contributed by atoms with Crippen molar-refractivity contribution in [3.8, 4) is 0 Å². The topological polar surface area (TPSA) is 30.5 Å². The summed E-state index contributed by atoms with van der Waals surface area (Å²) in [6, 6.07) is 0.431. The number of rotatable bonds is 6. The summed E-state index contributed by atoms with van der Waals surface area (Å²) in [6.45, 7) is 11.4. The van der Waals surface area contributed by atoms with Crippen LogP contribution in [0.1, 0.15) is 53.4 Å². The maximum atomic E-state index is 6.15. The summed E-state index contributed by atoms with van der Waals surface area (Å²) in [5.41, 5.74) is 0.362. The standard InChI is InChI=1S/C15H31NO2/c1-6-18-15(9-11-17-12-10-15)13(16-5)7-8-14(2,3)4/h13,16H,6-12H2,1-5H3. The number of likely N-dealkylation sites (N-methyl/N-ethyl adjacent to an activating group) is 1. The van der Waals surface area contributed by atoms with Crippen molar-refractivity contribution in [1.82, 2.24) is 5.32 Å². The van der Waals surface area contributed by atoms with Crippen molar-refractivity contribution in [3.05, 3.63) is 0 Å². The fraction of sp³-hybridized carbons (Fsp3) is 1.00. The highest BCUT2D eigenvalue weighted by molar-refractivity contribution is 4.95. The summed E-state index contributed by atoms with van der Waals surface area (Å²) in [7, 11) is 2.06. The molecule has 1 N–H and O–H groups in total. The third-order valence-corrected chi connectivity index (χ3v) is 3.94. The van der Waals surface area contributed by atoms with E-state index in [0.29, 0.717) is 11.5 Å². The molecule has 1 aliphatic heterocycles. The highest BCUT2D eigenvalue weighted by Gasteiger charge is 2.40. The first-order valence-electron chi connectivity index (χ1n) is 7.32. The molecule has 1 unspecified atom stereocenters. The van der Waals surface area contributed by atoms with E-state index < -0.39 is 0 Å². The van der Waals surface area contributed by atoms with E-state index in [1.54, 1.807) is 0 Å². The highest BCUT2D eigenvalue weighted by Crippen LogP contribution is 2.33. The summed E-state index contributed by atoms with van der Waals surface area (Å²) in [4.78, 5) is 0. The maximum absolute atomic E-state index is 6.15. The zero-order chi connectivity index (χ0) is 13.6. The first kappa shape index (κ1) is 15.9. The van der Waals surface area contributed by atoms with Crippen molar-refractivity contribution < 1.29 is 9.47 Å². The molecule has 3 heteroatoms. The van der Waals surface area contributed by atoms with Crippen molar-refractivity contribution in [2.24, 2.45) is 5.41 Å². The van der Waals surface area contributed by atoms with Crippen molar-refractivity contribution in [2.45, 2.75) is 65.0 Å². The Hall–Kier alpha value is -0.120. The van der Waals surface area contributed by atoms with Crippen molar-refractivity contribution in [1.29, 1.82) is 0 Å². The van der Waals surface area contributed by atoms with Crippen LogP contribution >= 0.6 is 0 Å².